The van der Waals surface area contributed by atoms with Crippen molar-refractivity contribution in [3.05, 3.63) is 40.4 Å². The first-order valence-electron chi connectivity index (χ1n) is 5.38. The van der Waals surface area contributed by atoms with E-state index in [-0.39, 0.29) is 18.6 Å². The van der Waals surface area contributed by atoms with Gasteiger partial charge in [-0.1, -0.05) is 23.7 Å². The lowest BCUT2D eigenvalue weighted by Gasteiger charge is -2.07. The molecule has 0 fully saturated rings. The van der Waals surface area contributed by atoms with Crippen LogP contribution in [0.2, 0.25) is 5.02 Å². The minimum Gasteiger partial charge on any atom is -0.394 e. The Labute approximate surface area is 106 Å². The van der Waals surface area contributed by atoms with Crippen LogP contribution in [0.3, 0.4) is 0 Å². The molecule has 0 bridgehead atoms. The number of carbonyl (C=O) groups is 1. The van der Waals surface area contributed by atoms with Gasteiger partial charge in [-0.3, -0.25) is 4.79 Å². The number of benzene rings is 1. The highest BCUT2D eigenvalue weighted by molar-refractivity contribution is 6.31. The van der Waals surface area contributed by atoms with Crippen LogP contribution in [0.25, 0.3) is 6.08 Å². The maximum Gasteiger partial charge on any atom is 0.244 e. The van der Waals surface area contributed by atoms with Crippen LogP contribution in [0, 0.1) is 6.92 Å². The van der Waals surface area contributed by atoms with Crippen LogP contribution >= 0.6 is 11.6 Å². The number of aliphatic hydroxyl groups is 1. The quantitative estimate of drug-likeness (QED) is 0.808. The van der Waals surface area contributed by atoms with Crippen LogP contribution in [0.15, 0.2) is 24.3 Å². The number of hydrogen-bond donors (Lipinski definition) is 2. The summed E-state index contributed by atoms with van der Waals surface area (Å²) in [5.74, 6) is -0.233. The Bertz CT molecular complexity index is 429. The van der Waals surface area contributed by atoms with Crippen molar-refractivity contribution in [2.24, 2.45) is 0 Å². The van der Waals surface area contributed by atoms with Crippen LogP contribution in [0.5, 0.6) is 0 Å². The van der Waals surface area contributed by atoms with Crippen molar-refractivity contribution in [2.75, 3.05) is 6.61 Å². The number of amides is 1. The highest BCUT2D eigenvalue weighted by Crippen LogP contribution is 2.17. The van der Waals surface area contributed by atoms with Crippen LogP contribution in [-0.4, -0.2) is 23.7 Å². The average Bonchev–Trinajstić information content (AvgIpc) is 2.30. The average molecular weight is 254 g/mol. The van der Waals surface area contributed by atoms with Gasteiger partial charge in [0.05, 0.1) is 6.61 Å². The third-order valence-electron chi connectivity index (χ3n) is 2.29. The normalized spacial score (nSPS) is 12.7. The van der Waals surface area contributed by atoms with Gasteiger partial charge < -0.3 is 10.4 Å². The van der Waals surface area contributed by atoms with E-state index in [0.29, 0.717) is 5.02 Å². The molecular formula is C13H16ClNO2. The molecular weight excluding hydrogens is 238 g/mol. The number of aryl methyl sites for hydroxylation is 1. The molecule has 4 heteroatoms. The van der Waals surface area contributed by atoms with Crippen molar-refractivity contribution in [3.63, 3.8) is 0 Å². The van der Waals surface area contributed by atoms with E-state index < -0.39 is 0 Å². The third kappa shape index (κ3) is 4.59. The largest absolute Gasteiger partial charge is 0.394 e. The fourth-order valence-corrected chi connectivity index (χ4v) is 1.41. The lowest BCUT2D eigenvalue weighted by molar-refractivity contribution is -0.117. The lowest BCUT2D eigenvalue weighted by Crippen LogP contribution is -2.33. The van der Waals surface area contributed by atoms with Gasteiger partial charge in [-0.05, 0) is 37.1 Å². The van der Waals surface area contributed by atoms with Crippen molar-refractivity contribution in [3.8, 4) is 0 Å². The summed E-state index contributed by atoms with van der Waals surface area (Å²) in [5.41, 5.74) is 1.87. The molecule has 0 aliphatic carbocycles. The molecule has 0 aromatic heterocycles. The molecule has 0 radical (unpaired) electrons. The number of aliphatic hydroxyl groups excluding tert-OH is 1. The Hall–Kier alpha value is -1.32. The Morgan fingerprint density at radius 1 is 1.59 bits per heavy atom. The Morgan fingerprint density at radius 3 is 2.88 bits per heavy atom. The van der Waals surface area contributed by atoms with Gasteiger partial charge in [0.2, 0.25) is 5.91 Å². The minimum atomic E-state index is -0.242. The van der Waals surface area contributed by atoms with Crippen LogP contribution in [0.4, 0.5) is 0 Å². The molecule has 1 rings (SSSR count). The molecule has 1 aromatic carbocycles. The molecule has 0 saturated heterocycles. The lowest BCUT2D eigenvalue weighted by atomic mass is 10.1. The minimum absolute atomic E-state index is 0.0735. The molecule has 17 heavy (non-hydrogen) atoms. The van der Waals surface area contributed by atoms with Gasteiger partial charge in [0.15, 0.2) is 0 Å². The molecule has 0 heterocycles. The number of rotatable bonds is 4. The van der Waals surface area contributed by atoms with Crippen molar-refractivity contribution in [1.82, 2.24) is 5.32 Å². The van der Waals surface area contributed by atoms with Gasteiger partial charge in [0.1, 0.15) is 0 Å². The van der Waals surface area contributed by atoms with Gasteiger partial charge >= 0.3 is 0 Å². The van der Waals surface area contributed by atoms with Crippen molar-refractivity contribution >= 4 is 23.6 Å². The smallest absolute Gasteiger partial charge is 0.244 e. The molecule has 1 atom stereocenters. The fourth-order valence-electron chi connectivity index (χ4n) is 1.22. The Morgan fingerprint density at radius 2 is 2.29 bits per heavy atom. The summed E-state index contributed by atoms with van der Waals surface area (Å²) in [7, 11) is 0. The molecule has 0 spiro atoms. The topological polar surface area (TPSA) is 49.3 Å². The molecule has 3 nitrogen and oxygen atoms in total. The van der Waals surface area contributed by atoms with Gasteiger partial charge in [0, 0.05) is 17.1 Å². The fraction of sp³-hybridized carbons (Fsp3) is 0.308. The molecule has 1 unspecified atom stereocenters. The number of halogens is 1. The van der Waals surface area contributed by atoms with E-state index in [2.05, 4.69) is 5.32 Å². The predicted molar refractivity (Wildman–Crippen MR) is 69.9 cm³/mol. The van der Waals surface area contributed by atoms with Crippen molar-refractivity contribution < 1.29 is 9.90 Å². The van der Waals surface area contributed by atoms with E-state index in [1.807, 2.05) is 19.1 Å². The van der Waals surface area contributed by atoms with E-state index in [9.17, 15) is 4.79 Å². The van der Waals surface area contributed by atoms with E-state index in [0.717, 1.165) is 11.1 Å². The summed E-state index contributed by atoms with van der Waals surface area (Å²) in [6, 6.07) is 5.35. The number of nitrogens with one attached hydrogen (secondary N) is 1. The molecule has 0 aliphatic heterocycles. The molecule has 1 amide bonds. The number of carbonyl (C=O) groups excluding carboxylic acids is 1. The highest BCUT2D eigenvalue weighted by Gasteiger charge is 2.02. The first-order chi connectivity index (χ1) is 8.02. The summed E-state index contributed by atoms with van der Waals surface area (Å²) in [6.07, 6.45) is 3.11. The zero-order valence-corrected chi connectivity index (χ0v) is 10.7. The summed E-state index contributed by atoms with van der Waals surface area (Å²) in [4.78, 5) is 11.4. The molecule has 0 saturated carbocycles. The summed E-state index contributed by atoms with van der Waals surface area (Å²) >= 11 is 5.97. The van der Waals surface area contributed by atoms with E-state index in [1.165, 1.54) is 6.08 Å². The van der Waals surface area contributed by atoms with Gasteiger partial charge in [-0.2, -0.15) is 0 Å². The molecule has 92 valence electrons. The first kappa shape index (κ1) is 13.7. The van der Waals surface area contributed by atoms with Gasteiger partial charge in [0.25, 0.3) is 0 Å². The van der Waals surface area contributed by atoms with Gasteiger partial charge in [-0.25, -0.2) is 0 Å². The number of hydrogen-bond acceptors (Lipinski definition) is 2. The summed E-state index contributed by atoms with van der Waals surface area (Å²) in [5, 5.41) is 12.1. The van der Waals surface area contributed by atoms with Crippen LogP contribution in [-0.2, 0) is 4.79 Å². The summed E-state index contributed by atoms with van der Waals surface area (Å²) in [6.45, 7) is 3.58. The zero-order chi connectivity index (χ0) is 12.8. The Balaban J connectivity index is 2.64. The SMILES string of the molecule is Cc1ccc(/C=C/C(=O)NC(C)CO)cc1Cl. The zero-order valence-electron chi connectivity index (χ0n) is 9.90. The van der Waals surface area contributed by atoms with E-state index in [1.54, 1.807) is 19.1 Å². The highest BCUT2D eigenvalue weighted by atomic mass is 35.5. The first-order valence-corrected chi connectivity index (χ1v) is 5.76. The standard InChI is InChI=1S/C13H16ClNO2/c1-9-3-4-11(7-12(9)14)5-6-13(17)15-10(2)8-16/h3-7,10,16H,8H2,1-2H3,(H,15,17)/b6-5+. The predicted octanol–water partition coefficient (Wildman–Crippen LogP) is 2.16. The van der Waals surface area contributed by atoms with Crippen LogP contribution < -0.4 is 5.32 Å². The summed E-state index contributed by atoms with van der Waals surface area (Å²) < 4.78 is 0. The van der Waals surface area contributed by atoms with Crippen molar-refractivity contribution in [1.29, 1.82) is 0 Å². The molecule has 1 aromatic rings. The Kier molecular flexibility index (Phi) is 5.19. The van der Waals surface area contributed by atoms with Crippen LogP contribution in [0.1, 0.15) is 18.1 Å². The van der Waals surface area contributed by atoms with Crippen molar-refractivity contribution in [2.45, 2.75) is 19.9 Å². The third-order valence-corrected chi connectivity index (χ3v) is 2.69. The van der Waals surface area contributed by atoms with Gasteiger partial charge in [-0.15, -0.1) is 0 Å². The maximum atomic E-state index is 11.4. The second-order valence-corrected chi connectivity index (χ2v) is 4.34. The second-order valence-electron chi connectivity index (χ2n) is 3.93. The van der Waals surface area contributed by atoms with E-state index >= 15 is 0 Å². The van der Waals surface area contributed by atoms with E-state index in [4.69, 9.17) is 16.7 Å². The molecule has 0 aliphatic rings. The second kappa shape index (κ2) is 6.42. The maximum absolute atomic E-state index is 11.4. The molecule has 2 N–H and O–H groups in total. The monoisotopic (exact) mass is 253 g/mol.